The van der Waals surface area contributed by atoms with Crippen LogP contribution in [0.3, 0.4) is 0 Å². The van der Waals surface area contributed by atoms with Gasteiger partial charge in [0.2, 0.25) is 5.91 Å². The zero-order valence-electron chi connectivity index (χ0n) is 9.07. The lowest BCUT2D eigenvalue weighted by Gasteiger charge is -2.05. The number of rotatable bonds is 3. The van der Waals surface area contributed by atoms with E-state index in [0.29, 0.717) is 0 Å². The van der Waals surface area contributed by atoms with Crippen LogP contribution < -0.4 is 5.32 Å². The number of benzene rings is 1. The van der Waals surface area contributed by atoms with E-state index in [0.717, 1.165) is 5.56 Å². The Hall–Kier alpha value is -2.31. The van der Waals surface area contributed by atoms with Crippen molar-refractivity contribution in [1.29, 1.82) is 0 Å². The topological polar surface area (TPSA) is 83.6 Å². The Balaban J connectivity index is 2.03. The fraction of sp³-hybridized carbons (Fsp3) is 0.200. The molecule has 6 nitrogen and oxygen atoms in total. The number of carbonyl (C=O) groups is 1. The van der Waals surface area contributed by atoms with E-state index < -0.39 is 11.7 Å². The third-order valence-corrected chi connectivity index (χ3v) is 2.11. The number of anilines is 1. The average Bonchev–Trinajstić information content (AvgIpc) is 2.75. The second-order valence-electron chi connectivity index (χ2n) is 3.54. The summed E-state index contributed by atoms with van der Waals surface area (Å²) in [4.78, 5) is 11.5. The van der Waals surface area contributed by atoms with Crippen molar-refractivity contribution in [3.05, 3.63) is 35.4 Å². The molecule has 1 heterocycles. The molecule has 0 atom stereocenters. The number of hydrogen-bond donors (Lipinski definition) is 2. The quantitative estimate of drug-likeness (QED) is 0.825. The number of tetrazole rings is 1. The number of nitrogens with zero attached hydrogens (tertiary/aromatic N) is 3. The van der Waals surface area contributed by atoms with E-state index in [1.165, 1.54) is 12.1 Å². The number of hydrogen-bond acceptors (Lipinski definition) is 4. The molecular formula is C10H10FN5O. The lowest BCUT2D eigenvalue weighted by Crippen LogP contribution is -2.16. The van der Waals surface area contributed by atoms with Gasteiger partial charge in [0.05, 0.1) is 12.1 Å². The zero-order chi connectivity index (χ0) is 12.3. The third kappa shape index (κ3) is 2.83. The summed E-state index contributed by atoms with van der Waals surface area (Å²) in [6.45, 7) is 1.77. The molecule has 0 saturated heterocycles. The molecule has 7 heteroatoms. The van der Waals surface area contributed by atoms with E-state index in [1.54, 1.807) is 13.0 Å². The minimum Gasteiger partial charge on any atom is -0.323 e. The summed E-state index contributed by atoms with van der Waals surface area (Å²) >= 11 is 0. The fourth-order valence-electron chi connectivity index (χ4n) is 1.32. The van der Waals surface area contributed by atoms with Crippen LogP contribution >= 0.6 is 0 Å². The van der Waals surface area contributed by atoms with Crippen molar-refractivity contribution < 1.29 is 9.18 Å². The van der Waals surface area contributed by atoms with Crippen molar-refractivity contribution in [2.45, 2.75) is 13.3 Å². The highest BCUT2D eigenvalue weighted by Gasteiger charge is 2.10. The summed E-state index contributed by atoms with van der Waals surface area (Å²) < 4.78 is 13.4. The van der Waals surface area contributed by atoms with Crippen LogP contribution in [0.4, 0.5) is 10.1 Å². The number of nitrogens with one attached hydrogen (secondary N) is 2. The Bertz CT molecular complexity index is 525. The Morgan fingerprint density at radius 3 is 3.00 bits per heavy atom. The first kappa shape index (κ1) is 11.2. The van der Waals surface area contributed by atoms with Crippen LogP contribution in [0.25, 0.3) is 0 Å². The van der Waals surface area contributed by atoms with Crippen molar-refractivity contribution in [2.24, 2.45) is 0 Å². The van der Waals surface area contributed by atoms with Crippen molar-refractivity contribution in [3.8, 4) is 0 Å². The van der Waals surface area contributed by atoms with Gasteiger partial charge in [-0.2, -0.15) is 5.21 Å². The lowest BCUT2D eigenvalue weighted by molar-refractivity contribution is -0.115. The minimum atomic E-state index is -0.466. The second kappa shape index (κ2) is 4.69. The maximum absolute atomic E-state index is 13.4. The molecule has 0 fully saturated rings. The van der Waals surface area contributed by atoms with Gasteiger partial charge in [0.1, 0.15) is 5.82 Å². The molecule has 0 unspecified atom stereocenters. The smallest absolute Gasteiger partial charge is 0.232 e. The summed E-state index contributed by atoms with van der Waals surface area (Å²) in [7, 11) is 0. The summed E-state index contributed by atoms with van der Waals surface area (Å²) in [6, 6.07) is 4.58. The van der Waals surface area contributed by atoms with Gasteiger partial charge in [-0.3, -0.25) is 4.79 Å². The van der Waals surface area contributed by atoms with Crippen LogP contribution in [0.15, 0.2) is 18.2 Å². The molecule has 0 saturated carbocycles. The number of H-pyrrole nitrogens is 1. The normalized spacial score (nSPS) is 10.2. The first-order valence-electron chi connectivity index (χ1n) is 4.93. The first-order valence-corrected chi connectivity index (χ1v) is 4.93. The summed E-state index contributed by atoms with van der Waals surface area (Å²) in [5.41, 5.74) is 0.933. The molecular weight excluding hydrogens is 225 g/mol. The molecule has 1 amide bonds. The largest absolute Gasteiger partial charge is 0.323 e. The number of amides is 1. The number of aromatic amines is 1. The van der Waals surface area contributed by atoms with Crippen LogP contribution in [0, 0.1) is 12.7 Å². The van der Waals surface area contributed by atoms with E-state index in [4.69, 9.17) is 0 Å². The van der Waals surface area contributed by atoms with Gasteiger partial charge in [-0.15, -0.1) is 10.2 Å². The molecule has 2 aromatic rings. The van der Waals surface area contributed by atoms with E-state index >= 15 is 0 Å². The van der Waals surface area contributed by atoms with Gasteiger partial charge in [0.15, 0.2) is 5.82 Å². The molecule has 0 bridgehead atoms. The molecule has 1 aromatic carbocycles. The second-order valence-corrected chi connectivity index (χ2v) is 3.54. The van der Waals surface area contributed by atoms with Crippen LogP contribution in [-0.4, -0.2) is 26.5 Å². The van der Waals surface area contributed by atoms with E-state index in [9.17, 15) is 9.18 Å². The highest BCUT2D eigenvalue weighted by molar-refractivity contribution is 5.91. The van der Waals surface area contributed by atoms with Gasteiger partial charge in [0.25, 0.3) is 0 Å². The van der Waals surface area contributed by atoms with Crippen molar-refractivity contribution in [1.82, 2.24) is 20.6 Å². The van der Waals surface area contributed by atoms with E-state index in [1.807, 2.05) is 0 Å². The highest BCUT2D eigenvalue weighted by Crippen LogP contribution is 2.15. The standard InChI is InChI=1S/C10H10FN5O/c1-6-2-3-8(7(11)4-6)12-10(17)5-9-13-15-16-14-9/h2-4H,5H2,1H3,(H,12,17)(H,13,14,15,16). The molecule has 0 radical (unpaired) electrons. The summed E-state index contributed by atoms with van der Waals surface area (Å²) in [5, 5.41) is 15.3. The predicted molar refractivity (Wildman–Crippen MR) is 57.6 cm³/mol. The number of carbonyl (C=O) groups excluding carboxylic acids is 1. The summed E-state index contributed by atoms with van der Waals surface area (Å²) in [6.07, 6.45) is -0.0518. The van der Waals surface area contributed by atoms with Crippen molar-refractivity contribution >= 4 is 11.6 Å². The molecule has 0 spiro atoms. The van der Waals surface area contributed by atoms with Crippen LogP contribution in [0.2, 0.25) is 0 Å². The van der Waals surface area contributed by atoms with Gasteiger partial charge >= 0.3 is 0 Å². The maximum Gasteiger partial charge on any atom is 0.232 e. The third-order valence-electron chi connectivity index (χ3n) is 2.11. The SMILES string of the molecule is Cc1ccc(NC(=O)Cc2nn[nH]n2)c(F)c1. The maximum atomic E-state index is 13.4. The Morgan fingerprint density at radius 1 is 1.53 bits per heavy atom. The minimum absolute atomic E-state index is 0.0518. The number of aryl methyl sites for hydroxylation is 1. The molecule has 17 heavy (non-hydrogen) atoms. The summed E-state index contributed by atoms with van der Waals surface area (Å²) in [5.74, 6) is -0.601. The zero-order valence-corrected chi connectivity index (χ0v) is 9.07. The van der Waals surface area contributed by atoms with Crippen molar-refractivity contribution in [3.63, 3.8) is 0 Å². The van der Waals surface area contributed by atoms with Gasteiger partial charge < -0.3 is 5.32 Å². The highest BCUT2D eigenvalue weighted by atomic mass is 19.1. The van der Waals surface area contributed by atoms with Gasteiger partial charge in [-0.1, -0.05) is 11.3 Å². The number of aromatic nitrogens is 4. The van der Waals surface area contributed by atoms with Gasteiger partial charge in [-0.25, -0.2) is 4.39 Å². The molecule has 1 aromatic heterocycles. The Labute approximate surface area is 96.2 Å². The van der Waals surface area contributed by atoms with Gasteiger partial charge in [-0.05, 0) is 24.6 Å². The predicted octanol–water partition coefficient (Wildman–Crippen LogP) is 0.828. The average molecular weight is 235 g/mol. The molecule has 0 aliphatic carbocycles. The van der Waals surface area contributed by atoms with Gasteiger partial charge in [0, 0.05) is 0 Å². The molecule has 0 aliphatic heterocycles. The van der Waals surface area contributed by atoms with Crippen LogP contribution in [0.5, 0.6) is 0 Å². The monoisotopic (exact) mass is 235 g/mol. The van der Waals surface area contributed by atoms with Crippen LogP contribution in [-0.2, 0) is 11.2 Å². The molecule has 2 N–H and O–H groups in total. The number of halogens is 1. The molecule has 0 aliphatic rings. The Morgan fingerprint density at radius 2 is 2.35 bits per heavy atom. The fourth-order valence-corrected chi connectivity index (χ4v) is 1.32. The van der Waals surface area contributed by atoms with Crippen LogP contribution in [0.1, 0.15) is 11.4 Å². The van der Waals surface area contributed by atoms with Crippen molar-refractivity contribution in [2.75, 3.05) is 5.32 Å². The first-order chi connectivity index (χ1) is 8.15. The molecule has 88 valence electrons. The Kier molecular flexibility index (Phi) is 3.08. The van der Waals surface area contributed by atoms with E-state index in [-0.39, 0.29) is 17.9 Å². The molecule has 2 rings (SSSR count). The lowest BCUT2D eigenvalue weighted by atomic mass is 10.2. The van der Waals surface area contributed by atoms with E-state index in [2.05, 4.69) is 25.9 Å².